The van der Waals surface area contributed by atoms with Crippen molar-refractivity contribution in [3.63, 3.8) is 0 Å². The van der Waals surface area contributed by atoms with Crippen LogP contribution in [-0.4, -0.2) is 32.6 Å². The van der Waals surface area contributed by atoms with Crippen LogP contribution < -0.4 is 4.90 Å². The molecule has 0 aliphatic heterocycles. The van der Waals surface area contributed by atoms with Gasteiger partial charge in [0.25, 0.3) is 12.2 Å². The minimum Gasteiger partial charge on any atom is -0.320 e. The SMILES string of the molecule is Cc1cc(F)cc(N(CC(F)F)c2nc3nncn3c3c(F)cc(F)cc23)c1. The van der Waals surface area contributed by atoms with Crippen molar-refractivity contribution >= 4 is 28.2 Å². The zero-order valence-corrected chi connectivity index (χ0v) is 14.4. The first-order valence-electron chi connectivity index (χ1n) is 8.15. The van der Waals surface area contributed by atoms with E-state index in [0.717, 1.165) is 17.0 Å². The maximum Gasteiger partial charge on any atom is 0.257 e. The maximum absolute atomic E-state index is 14.5. The van der Waals surface area contributed by atoms with Crippen molar-refractivity contribution in [3.05, 3.63) is 59.7 Å². The molecule has 0 N–H and O–H groups in total. The van der Waals surface area contributed by atoms with Gasteiger partial charge in [0.15, 0.2) is 5.82 Å². The smallest absolute Gasteiger partial charge is 0.257 e. The fraction of sp³-hybridized carbons (Fsp3) is 0.167. The van der Waals surface area contributed by atoms with Gasteiger partial charge in [0, 0.05) is 17.1 Å². The number of anilines is 2. The summed E-state index contributed by atoms with van der Waals surface area (Å²) < 4.78 is 70.2. The number of nitrogens with zero attached hydrogens (tertiary/aromatic N) is 5. The van der Waals surface area contributed by atoms with E-state index in [4.69, 9.17) is 0 Å². The molecule has 0 saturated carbocycles. The Morgan fingerprint density at radius 3 is 2.50 bits per heavy atom. The highest BCUT2D eigenvalue weighted by Crippen LogP contribution is 2.34. The third-order valence-corrected chi connectivity index (χ3v) is 4.16. The topological polar surface area (TPSA) is 46.3 Å². The zero-order valence-electron chi connectivity index (χ0n) is 14.4. The summed E-state index contributed by atoms with van der Waals surface area (Å²) in [5, 5.41) is 7.30. The molecule has 28 heavy (non-hydrogen) atoms. The maximum atomic E-state index is 14.5. The van der Waals surface area contributed by atoms with Gasteiger partial charge in [-0.2, -0.15) is 4.98 Å². The van der Waals surface area contributed by atoms with Gasteiger partial charge in [0.1, 0.15) is 23.8 Å². The van der Waals surface area contributed by atoms with Crippen molar-refractivity contribution < 1.29 is 22.0 Å². The number of aryl methyl sites for hydroxylation is 1. The summed E-state index contributed by atoms with van der Waals surface area (Å²) in [6.45, 7) is 0.729. The molecule has 0 aliphatic carbocycles. The average molecular weight is 393 g/mol. The van der Waals surface area contributed by atoms with Crippen LogP contribution in [0.2, 0.25) is 0 Å². The molecule has 144 valence electrons. The van der Waals surface area contributed by atoms with Crippen LogP contribution >= 0.6 is 0 Å². The molecule has 5 nitrogen and oxygen atoms in total. The summed E-state index contributed by atoms with van der Waals surface area (Å²) in [6.07, 6.45) is -1.65. The lowest BCUT2D eigenvalue weighted by Gasteiger charge is -2.25. The number of fused-ring (bicyclic) bond motifs is 3. The van der Waals surface area contributed by atoms with Gasteiger partial charge in [-0.05, 0) is 36.8 Å². The van der Waals surface area contributed by atoms with E-state index in [0.29, 0.717) is 11.6 Å². The van der Waals surface area contributed by atoms with E-state index in [1.54, 1.807) is 6.92 Å². The molecule has 0 spiro atoms. The van der Waals surface area contributed by atoms with Gasteiger partial charge in [-0.3, -0.25) is 4.40 Å². The Bertz CT molecular complexity index is 1170. The second-order valence-corrected chi connectivity index (χ2v) is 6.21. The Hall–Kier alpha value is -3.30. The van der Waals surface area contributed by atoms with E-state index in [1.807, 2.05) is 0 Å². The van der Waals surface area contributed by atoms with E-state index >= 15 is 0 Å². The summed E-state index contributed by atoms with van der Waals surface area (Å²) in [6, 6.07) is 5.39. The van der Waals surface area contributed by atoms with E-state index in [-0.39, 0.29) is 28.2 Å². The summed E-state index contributed by atoms with van der Waals surface area (Å²) in [7, 11) is 0. The molecular formula is C18H12F5N5. The normalized spacial score (nSPS) is 11.7. The van der Waals surface area contributed by atoms with Crippen molar-refractivity contribution in [2.75, 3.05) is 11.4 Å². The van der Waals surface area contributed by atoms with Crippen molar-refractivity contribution in [1.82, 2.24) is 19.6 Å². The Labute approximate surface area is 155 Å². The van der Waals surface area contributed by atoms with Crippen molar-refractivity contribution in [2.45, 2.75) is 13.3 Å². The Morgan fingerprint density at radius 2 is 1.79 bits per heavy atom. The first-order chi connectivity index (χ1) is 13.3. The Kier molecular flexibility index (Phi) is 4.33. The predicted molar refractivity (Wildman–Crippen MR) is 92.4 cm³/mol. The monoisotopic (exact) mass is 393 g/mol. The predicted octanol–water partition coefficient (Wildman–Crippen LogP) is 4.41. The molecule has 0 unspecified atom stereocenters. The second kappa shape index (κ2) is 6.70. The van der Waals surface area contributed by atoms with Crippen LogP contribution in [0, 0.1) is 24.4 Å². The summed E-state index contributed by atoms with van der Waals surface area (Å²) in [5.41, 5.74) is 0.429. The third kappa shape index (κ3) is 3.10. The first-order valence-corrected chi connectivity index (χ1v) is 8.15. The van der Waals surface area contributed by atoms with Crippen LogP contribution in [0.1, 0.15) is 5.56 Å². The number of rotatable bonds is 4. The number of alkyl halides is 2. The van der Waals surface area contributed by atoms with Gasteiger partial charge in [-0.25, -0.2) is 22.0 Å². The van der Waals surface area contributed by atoms with Gasteiger partial charge in [0.2, 0.25) is 0 Å². The number of hydrogen-bond donors (Lipinski definition) is 0. The van der Waals surface area contributed by atoms with Gasteiger partial charge >= 0.3 is 0 Å². The van der Waals surface area contributed by atoms with Crippen molar-refractivity contribution in [2.24, 2.45) is 0 Å². The molecule has 4 aromatic rings. The molecule has 0 radical (unpaired) electrons. The van der Waals surface area contributed by atoms with Crippen molar-refractivity contribution in [1.29, 1.82) is 0 Å². The van der Waals surface area contributed by atoms with E-state index < -0.39 is 30.4 Å². The highest BCUT2D eigenvalue weighted by Gasteiger charge is 2.23. The number of aromatic nitrogens is 4. The molecular weight excluding hydrogens is 381 g/mol. The molecule has 0 atom stereocenters. The standard InChI is InChI=1S/C18H12F5N5/c1-9-2-10(19)4-12(3-9)27(7-15(22)23)17-13-5-11(20)6-14(21)16(13)28-8-24-26-18(28)25-17/h2-6,8,15H,7H2,1H3. The lowest BCUT2D eigenvalue weighted by Crippen LogP contribution is -2.25. The van der Waals surface area contributed by atoms with Crippen LogP contribution in [0.3, 0.4) is 0 Å². The van der Waals surface area contributed by atoms with Gasteiger partial charge in [0.05, 0.1) is 12.1 Å². The van der Waals surface area contributed by atoms with E-state index in [1.165, 1.54) is 22.9 Å². The van der Waals surface area contributed by atoms with Crippen LogP contribution in [0.5, 0.6) is 0 Å². The number of benzene rings is 2. The number of halogens is 5. The average Bonchev–Trinajstić information content (AvgIpc) is 3.05. The zero-order chi connectivity index (χ0) is 20.0. The molecule has 0 amide bonds. The highest BCUT2D eigenvalue weighted by molar-refractivity contribution is 5.94. The largest absolute Gasteiger partial charge is 0.320 e. The molecule has 0 bridgehead atoms. The molecule has 0 saturated heterocycles. The van der Waals surface area contributed by atoms with Gasteiger partial charge < -0.3 is 4.90 Å². The van der Waals surface area contributed by atoms with Gasteiger partial charge in [-0.15, -0.1) is 10.2 Å². The highest BCUT2D eigenvalue weighted by atomic mass is 19.3. The summed E-state index contributed by atoms with van der Waals surface area (Å²) in [4.78, 5) is 5.17. The van der Waals surface area contributed by atoms with Crippen LogP contribution in [0.25, 0.3) is 16.7 Å². The Morgan fingerprint density at radius 1 is 1.04 bits per heavy atom. The van der Waals surface area contributed by atoms with Crippen LogP contribution in [0.15, 0.2) is 36.7 Å². The number of hydrogen-bond acceptors (Lipinski definition) is 4. The summed E-state index contributed by atoms with van der Waals surface area (Å²) >= 11 is 0. The second-order valence-electron chi connectivity index (χ2n) is 6.21. The van der Waals surface area contributed by atoms with E-state index in [2.05, 4.69) is 15.2 Å². The summed E-state index contributed by atoms with van der Waals surface area (Å²) in [5.74, 6) is -2.73. The molecule has 2 aromatic carbocycles. The molecule has 10 heteroatoms. The first kappa shape index (κ1) is 18.1. The minimum absolute atomic E-state index is 0.0691. The Balaban J connectivity index is 2.07. The fourth-order valence-electron chi connectivity index (χ4n) is 3.13. The quantitative estimate of drug-likeness (QED) is 0.482. The van der Waals surface area contributed by atoms with E-state index in [9.17, 15) is 22.0 Å². The molecule has 2 aromatic heterocycles. The third-order valence-electron chi connectivity index (χ3n) is 4.16. The van der Waals surface area contributed by atoms with Crippen molar-refractivity contribution in [3.8, 4) is 0 Å². The molecule has 0 aliphatic rings. The van der Waals surface area contributed by atoms with Gasteiger partial charge in [-0.1, -0.05) is 0 Å². The minimum atomic E-state index is -2.83. The lowest BCUT2D eigenvalue weighted by molar-refractivity contribution is 0.158. The fourth-order valence-corrected chi connectivity index (χ4v) is 3.13. The van der Waals surface area contributed by atoms with Crippen LogP contribution in [0.4, 0.5) is 33.5 Å². The molecule has 0 fully saturated rings. The van der Waals surface area contributed by atoms with Crippen LogP contribution in [-0.2, 0) is 0 Å². The molecule has 4 rings (SSSR count). The molecule has 2 heterocycles. The lowest BCUT2D eigenvalue weighted by atomic mass is 10.1.